The Balaban J connectivity index is 1.83. The van der Waals surface area contributed by atoms with Crippen molar-refractivity contribution < 1.29 is 22.7 Å². The average molecular weight is 428 g/mol. The van der Waals surface area contributed by atoms with Gasteiger partial charge >= 0.3 is 6.36 Å². The molecule has 2 N–H and O–H groups in total. The SMILES string of the molecule is CC(NC(=O)c1cc(Br)c2cn[nH]c2c1)c1ccccc1OC(F)(F)F. The van der Waals surface area contributed by atoms with Crippen LogP contribution in [-0.2, 0) is 0 Å². The lowest BCUT2D eigenvalue weighted by Gasteiger charge is -2.19. The second-order valence-corrected chi connectivity index (χ2v) is 6.42. The number of halogens is 4. The topological polar surface area (TPSA) is 67.0 Å². The van der Waals surface area contributed by atoms with Gasteiger partial charge in [-0.2, -0.15) is 5.10 Å². The van der Waals surface area contributed by atoms with Gasteiger partial charge in [-0.3, -0.25) is 9.89 Å². The number of fused-ring (bicyclic) bond motifs is 1. The molecule has 1 unspecified atom stereocenters. The molecule has 0 aliphatic heterocycles. The van der Waals surface area contributed by atoms with Crippen molar-refractivity contribution >= 4 is 32.7 Å². The molecule has 3 aromatic rings. The van der Waals surface area contributed by atoms with E-state index in [1.54, 1.807) is 31.3 Å². The molecule has 0 spiro atoms. The number of nitrogens with zero attached hydrogens (tertiary/aromatic N) is 1. The standard InChI is InChI=1S/C17H13BrF3N3O2/c1-9(11-4-2-3-5-15(11)26-17(19,20)21)23-16(25)10-6-13(18)12-8-22-24-14(12)7-10/h2-9H,1H3,(H,22,24)(H,23,25). The molecule has 0 saturated heterocycles. The number of hydrogen-bond acceptors (Lipinski definition) is 3. The molecule has 1 heterocycles. The number of hydrogen-bond donors (Lipinski definition) is 2. The highest BCUT2D eigenvalue weighted by atomic mass is 79.9. The lowest BCUT2D eigenvalue weighted by atomic mass is 10.1. The van der Waals surface area contributed by atoms with E-state index in [4.69, 9.17) is 0 Å². The van der Waals surface area contributed by atoms with Crippen LogP contribution in [0.15, 0.2) is 47.1 Å². The van der Waals surface area contributed by atoms with Gasteiger partial charge in [-0.1, -0.05) is 34.1 Å². The van der Waals surface area contributed by atoms with Crippen LogP contribution >= 0.6 is 15.9 Å². The fourth-order valence-corrected chi connectivity index (χ4v) is 3.12. The van der Waals surface area contributed by atoms with Crippen molar-refractivity contribution in [3.8, 4) is 5.75 Å². The Bertz CT molecular complexity index is 956. The number of alkyl halides is 3. The first-order valence-corrected chi connectivity index (χ1v) is 8.32. The van der Waals surface area contributed by atoms with Gasteiger partial charge in [0, 0.05) is 21.0 Å². The van der Waals surface area contributed by atoms with E-state index >= 15 is 0 Å². The van der Waals surface area contributed by atoms with Crippen LogP contribution in [-0.4, -0.2) is 22.5 Å². The minimum Gasteiger partial charge on any atom is -0.405 e. The number of nitrogens with one attached hydrogen (secondary N) is 2. The fraction of sp³-hybridized carbons (Fsp3) is 0.176. The molecule has 0 radical (unpaired) electrons. The fourth-order valence-electron chi connectivity index (χ4n) is 2.55. The quantitative estimate of drug-likeness (QED) is 0.633. The molecule has 0 bridgehead atoms. The largest absolute Gasteiger partial charge is 0.573 e. The molecule has 0 aliphatic carbocycles. The Labute approximate surface area is 154 Å². The smallest absolute Gasteiger partial charge is 0.405 e. The van der Waals surface area contributed by atoms with Crippen molar-refractivity contribution in [2.75, 3.05) is 0 Å². The molecule has 136 valence electrons. The summed E-state index contributed by atoms with van der Waals surface area (Å²) in [4.78, 5) is 12.5. The molecule has 26 heavy (non-hydrogen) atoms. The summed E-state index contributed by atoms with van der Waals surface area (Å²) in [5.41, 5.74) is 1.23. The van der Waals surface area contributed by atoms with Gasteiger partial charge in [-0.25, -0.2) is 0 Å². The molecule has 0 fully saturated rings. The van der Waals surface area contributed by atoms with Gasteiger partial charge < -0.3 is 10.1 Å². The summed E-state index contributed by atoms with van der Waals surface area (Å²) >= 11 is 3.37. The summed E-state index contributed by atoms with van der Waals surface area (Å²) in [6.45, 7) is 1.58. The molecule has 0 saturated carbocycles. The van der Waals surface area contributed by atoms with E-state index in [0.29, 0.717) is 15.6 Å². The Kier molecular flexibility index (Phi) is 4.90. The number of rotatable bonds is 4. The molecule has 5 nitrogen and oxygen atoms in total. The highest BCUT2D eigenvalue weighted by Gasteiger charge is 2.32. The third kappa shape index (κ3) is 3.98. The number of carbonyl (C=O) groups excluding carboxylic acids is 1. The minimum atomic E-state index is -4.81. The second-order valence-electron chi connectivity index (χ2n) is 5.57. The molecule has 1 atom stereocenters. The Morgan fingerprint density at radius 2 is 2.04 bits per heavy atom. The maximum atomic E-state index is 12.6. The summed E-state index contributed by atoms with van der Waals surface area (Å²) < 4.78 is 42.4. The zero-order chi connectivity index (χ0) is 18.9. The lowest BCUT2D eigenvalue weighted by Crippen LogP contribution is -2.28. The normalized spacial score (nSPS) is 12.8. The van der Waals surface area contributed by atoms with Crippen LogP contribution in [0.1, 0.15) is 28.9 Å². The zero-order valence-electron chi connectivity index (χ0n) is 13.4. The molecular weight excluding hydrogens is 415 g/mol. The van der Waals surface area contributed by atoms with E-state index in [9.17, 15) is 18.0 Å². The maximum absolute atomic E-state index is 12.6. The van der Waals surface area contributed by atoms with Crippen LogP contribution in [0.25, 0.3) is 10.9 Å². The molecule has 1 amide bonds. The van der Waals surface area contributed by atoms with E-state index in [1.807, 2.05) is 0 Å². The summed E-state index contributed by atoms with van der Waals surface area (Å²) in [6.07, 6.45) is -3.19. The predicted molar refractivity (Wildman–Crippen MR) is 92.8 cm³/mol. The lowest BCUT2D eigenvalue weighted by molar-refractivity contribution is -0.275. The number of aromatic nitrogens is 2. The Morgan fingerprint density at radius 3 is 2.77 bits per heavy atom. The highest BCUT2D eigenvalue weighted by molar-refractivity contribution is 9.10. The van der Waals surface area contributed by atoms with Gasteiger partial charge in [-0.15, -0.1) is 13.2 Å². The van der Waals surface area contributed by atoms with Gasteiger partial charge in [0.05, 0.1) is 17.8 Å². The van der Waals surface area contributed by atoms with Gasteiger partial charge in [0.25, 0.3) is 5.91 Å². The van der Waals surface area contributed by atoms with Crippen LogP contribution in [0.3, 0.4) is 0 Å². The van der Waals surface area contributed by atoms with Crippen molar-refractivity contribution in [2.45, 2.75) is 19.3 Å². The number of H-pyrrole nitrogens is 1. The molecule has 9 heteroatoms. The van der Waals surface area contributed by atoms with Gasteiger partial charge in [0.1, 0.15) is 5.75 Å². The van der Waals surface area contributed by atoms with E-state index in [0.717, 1.165) is 5.39 Å². The second kappa shape index (κ2) is 6.99. The summed E-state index contributed by atoms with van der Waals surface area (Å²) in [7, 11) is 0. The van der Waals surface area contributed by atoms with Crippen LogP contribution in [0.5, 0.6) is 5.75 Å². The molecule has 0 aliphatic rings. The number of benzene rings is 2. The van der Waals surface area contributed by atoms with Crippen LogP contribution in [0.4, 0.5) is 13.2 Å². The van der Waals surface area contributed by atoms with Crippen molar-refractivity contribution in [2.24, 2.45) is 0 Å². The summed E-state index contributed by atoms with van der Waals surface area (Å²) in [6, 6.07) is 8.23. The summed E-state index contributed by atoms with van der Waals surface area (Å²) in [5.74, 6) is -0.783. The molecule has 1 aromatic heterocycles. The van der Waals surface area contributed by atoms with Crippen molar-refractivity contribution in [3.63, 3.8) is 0 Å². The van der Waals surface area contributed by atoms with Gasteiger partial charge in [-0.05, 0) is 25.1 Å². The van der Waals surface area contributed by atoms with E-state index in [-0.39, 0.29) is 11.3 Å². The third-order valence-corrected chi connectivity index (χ3v) is 4.39. The number of ether oxygens (including phenoxy) is 1. The maximum Gasteiger partial charge on any atom is 0.573 e. The van der Waals surface area contributed by atoms with E-state index in [2.05, 4.69) is 36.2 Å². The minimum absolute atomic E-state index is 0.222. The average Bonchev–Trinajstić information content (AvgIpc) is 3.02. The van der Waals surface area contributed by atoms with Crippen molar-refractivity contribution in [3.05, 3.63) is 58.2 Å². The van der Waals surface area contributed by atoms with Crippen LogP contribution in [0.2, 0.25) is 0 Å². The number of para-hydroxylation sites is 1. The van der Waals surface area contributed by atoms with Gasteiger partial charge in [0.15, 0.2) is 0 Å². The third-order valence-electron chi connectivity index (χ3n) is 3.73. The molecule has 3 rings (SSSR count). The number of carbonyl (C=O) groups is 1. The van der Waals surface area contributed by atoms with Crippen LogP contribution < -0.4 is 10.1 Å². The first kappa shape index (κ1) is 18.2. The first-order valence-electron chi connectivity index (χ1n) is 7.53. The van der Waals surface area contributed by atoms with E-state index in [1.165, 1.54) is 18.2 Å². The monoisotopic (exact) mass is 427 g/mol. The molecular formula is C17H13BrF3N3O2. The van der Waals surface area contributed by atoms with E-state index < -0.39 is 18.3 Å². The van der Waals surface area contributed by atoms with Crippen molar-refractivity contribution in [1.29, 1.82) is 0 Å². The predicted octanol–water partition coefficient (Wildman–Crippen LogP) is 4.72. The Hall–Kier alpha value is -2.55. The Morgan fingerprint density at radius 1 is 1.31 bits per heavy atom. The summed E-state index contributed by atoms with van der Waals surface area (Å²) in [5, 5.41) is 10.2. The zero-order valence-corrected chi connectivity index (χ0v) is 15.0. The van der Waals surface area contributed by atoms with Crippen LogP contribution in [0, 0.1) is 0 Å². The van der Waals surface area contributed by atoms with Crippen molar-refractivity contribution in [1.82, 2.24) is 15.5 Å². The molecule has 2 aromatic carbocycles. The highest BCUT2D eigenvalue weighted by Crippen LogP contribution is 2.30. The number of aromatic amines is 1. The van der Waals surface area contributed by atoms with Gasteiger partial charge in [0.2, 0.25) is 0 Å². The number of amides is 1. The first-order chi connectivity index (χ1) is 12.2.